The molecule has 1 amide bonds. The van der Waals surface area contributed by atoms with Crippen LogP contribution >= 0.6 is 0 Å². The van der Waals surface area contributed by atoms with Crippen molar-refractivity contribution in [3.63, 3.8) is 0 Å². The Bertz CT molecular complexity index is 393. The largest absolute Gasteiger partial charge is 0.481 e. The van der Waals surface area contributed by atoms with E-state index >= 15 is 0 Å². The van der Waals surface area contributed by atoms with Crippen LogP contribution < -0.4 is 4.74 Å². The number of carbonyl (C=O) groups is 1. The van der Waals surface area contributed by atoms with Gasteiger partial charge in [0.25, 0.3) is 5.91 Å². The first-order valence-electron chi connectivity index (χ1n) is 6.73. The van der Waals surface area contributed by atoms with Gasteiger partial charge >= 0.3 is 0 Å². The van der Waals surface area contributed by atoms with Gasteiger partial charge in [-0.2, -0.15) is 0 Å². The van der Waals surface area contributed by atoms with Gasteiger partial charge in [-0.15, -0.1) is 0 Å². The average molecular weight is 247 g/mol. The van der Waals surface area contributed by atoms with Crippen LogP contribution in [-0.4, -0.2) is 30.0 Å². The van der Waals surface area contributed by atoms with Crippen molar-refractivity contribution < 1.29 is 9.53 Å². The lowest BCUT2D eigenvalue weighted by molar-refractivity contribution is -0.137. The minimum absolute atomic E-state index is 0.135. The van der Waals surface area contributed by atoms with Crippen LogP contribution in [0, 0.1) is 6.92 Å². The summed E-state index contributed by atoms with van der Waals surface area (Å²) in [5.41, 5.74) is 1.20. The number of aryl methyl sites for hydroxylation is 1. The molecule has 0 radical (unpaired) electrons. The summed E-state index contributed by atoms with van der Waals surface area (Å²) in [6.07, 6.45) is 2.61. The molecule has 1 aliphatic heterocycles. The molecule has 1 aromatic carbocycles. The Kier molecular flexibility index (Phi) is 4.24. The van der Waals surface area contributed by atoms with Crippen molar-refractivity contribution in [3.05, 3.63) is 29.8 Å². The fourth-order valence-electron chi connectivity index (χ4n) is 2.23. The number of carbonyl (C=O) groups excluding carboxylic acids is 1. The molecule has 3 heteroatoms. The Morgan fingerprint density at radius 1 is 1.28 bits per heavy atom. The van der Waals surface area contributed by atoms with Gasteiger partial charge < -0.3 is 9.64 Å². The molecule has 1 atom stereocenters. The first kappa shape index (κ1) is 12.9. The summed E-state index contributed by atoms with van der Waals surface area (Å²) in [6.45, 7) is 5.79. The molecule has 0 saturated carbocycles. The third kappa shape index (κ3) is 3.03. The molecule has 1 saturated heterocycles. The van der Waals surface area contributed by atoms with Crippen LogP contribution in [0.5, 0.6) is 5.75 Å². The first-order chi connectivity index (χ1) is 8.70. The van der Waals surface area contributed by atoms with Crippen molar-refractivity contribution in [3.8, 4) is 5.75 Å². The number of likely N-dealkylation sites (tertiary alicyclic amines) is 1. The zero-order valence-corrected chi connectivity index (χ0v) is 11.2. The highest BCUT2D eigenvalue weighted by Crippen LogP contribution is 2.17. The number of hydrogen-bond acceptors (Lipinski definition) is 2. The molecule has 3 nitrogen and oxygen atoms in total. The second-order valence-corrected chi connectivity index (χ2v) is 4.86. The SMILES string of the molecule is CC[C@@H](Oc1ccc(C)cc1)C(=O)N1CCCC1. The highest BCUT2D eigenvalue weighted by molar-refractivity contribution is 5.81. The van der Waals surface area contributed by atoms with Crippen LogP contribution in [0.25, 0.3) is 0 Å². The van der Waals surface area contributed by atoms with E-state index < -0.39 is 0 Å². The van der Waals surface area contributed by atoms with Crippen LogP contribution in [-0.2, 0) is 4.79 Å². The van der Waals surface area contributed by atoms with Gasteiger partial charge in [0.15, 0.2) is 6.10 Å². The zero-order chi connectivity index (χ0) is 13.0. The third-order valence-corrected chi connectivity index (χ3v) is 3.36. The van der Waals surface area contributed by atoms with Gasteiger partial charge in [-0.1, -0.05) is 24.6 Å². The Morgan fingerprint density at radius 3 is 2.44 bits per heavy atom. The van der Waals surface area contributed by atoms with E-state index in [-0.39, 0.29) is 12.0 Å². The minimum atomic E-state index is -0.342. The monoisotopic (exact) mass is 247 g/mol. The molecule has 0 aromatic heterocycles. The Balaban J connectivity index is 2.00. The fraction of sp³-hybridized carbons (Fsp3) is 0.533. The lowest BCUT2D eigenvalue weighted by Crippen LogP contribution is -2.40. The molecule has 0 bridgehead atoms. The molecule has 1 heterocycles. The number of rotatable bonds is 4. The summed E-state index contributed by atoms with van der Waals surface area (Å²) >= 11 is 0. The smallest absolute Gasteiger partial charge is 0.263 e. The van der Waals surface area contributed by atoms with Gasteiger partial charge in [0.05, 0.1) is 0 Å². The summed E-state index contributed by atoms with van der Waals surface area (Å²) in [7, 11) is 0. The van der Waals surface area contributed by atoms with E-state index in [4.69, 9.17) is 4.74 Å². The van der Waals surface area contributed by atoms with Gasteiger partial charge in [0.1, 0.15) is 5.75 Å². The number of hydrogen-bond donors (Lipinski definition) is 0. The number of ether oxygens (including phenoxy) is 1. The van der Waals surface area contributed by atoms with E-state index in [0.29, 0.717) is 6.42 Å². The molecule has 0 spiro atoms. The van der Waals surface area contributed by atoms with Gasteiger partial charge in [0.2, 0.25) is 0 Å². The van der Waals surface area contributed by atoms with Crippen LogP contribution in [0.4, 0.5) is 0 Å². The molecule has 98 valence electrons. The van der Waals surface area contributed by atoms with Crippen molar-refractivity contribution in [2.24, 2.45) is 0 Å². The van der Waals surface area contributed by atoms with Gasteiger partial charge in [-0.05, 0) is 38.3 Å². The second-order valence-electron chi connectivity index (χ2n) is 4.86. The maximum absolute atomic E-state index is 12.2. The van der Waals surface area contributed by atoms with Crippen molar-refractivity contribution in [2.75, 3.05) is 13.1 Å². The minimum Gasteiger partial charge on any atom is -0.481 e. The highest BCUT2D eigenvalue weighted by atomic mass is 16.5. The lowest BCUT2D eigenvalue weighted by Gasteiger charge is -2.23. The van der Waals surface area contributed by atoms with Crippen molar-refractivity contribution in [1.82, 2.24) is 4.90 Å². The molecule has 2 rings (SSSR count). The van der Waals surface area contributed by atoms with Crippen LogP contribution in [0.1, 0.15) is 31.7 Å². The van der Waals surface area contributed by atoms with Gasteiger partial charge in [0, 0.05) is 13.1 Å². The highest BCUT2D eigenvalue weighted by Gasteiger charge is 2.26. The normalized spacial score (nSPS) is 16.7. The Labute approximate surface area is 109 Å². The molecule has 0 N–H and O–H groups in total. The predicted octanol–water partition coefficient (Wildman–Crippen LogP) is 2.77. The first-order valence-corrected chi connectivity index (χ1v) is 6.73. The number of amides is 1. The molecule has 1 aromatic rings. The Morgan fingerprint density at radius 2 is 1.89 bits per heavy atom. The van der Waals surface area contributed by atoms with E-state index in [9.17, 15) is 4.79 Å². The summed E-state index contributed by atoms with van der Waals surface area (Å²) < 4.78 is 5.80. The van der Waals surface area contributed by atoms with Crippen molar-refractivity contribution in [2.45, 2.75) is 39.2 Å². The molecule has 1 aliphatic rings. The topological polar surface area (TPSA) is 29.5 Å². The maximum atomic E-state index is 12.2. The molecular formula is C15H21NO2. The second kappa shape index (κ2) is 5.89. The molecule has 0 aliphatic carbocycles. The molecule has 18 heavy (non-hydrogen) atoms. The Hall–Kier alpha value is -1.51. The lowest BCUT2D eigenvalue weighted by atomic mass is 10.2. The quantitative estimate of drug-likeness (QED) is 0.818. The zero-order valence-electron chi connectivity index (χ0n) is 11.2. The van der Waals surface area contributed by atoms with E-state index in [1.54, 1.807) is 0 Å². The molecule has 1 fully saturated rings. The summed E-state index contributed by atoms with van der Waals surface area (Å²) in [5.74, 6) is 0.913. The fourth-order valence-corrected chi connectivity index (χ4v) is 2.23. The van der Waals surface area contributed by atoms with E-state index in [1.165, 1.54) is 5.56 Å². The predicted molar refractivity (Wildman–Crippen MR) is 71.7 cm³/mol. The summed E-state index contributed by atoms with van der Waals surface area (Å²) in [4.78, 5) is 14.2. The molecular weight excluding hydrogens is 226 g/mol. The van der Waals surface area contributed by atoms with E-state index in [2.05, 4.69) is 0 Å². The van der Waals surface area contributed by atoms with Crippen molar-refractivity contribution in [1.29, 1.82) is 0 Å². The van der Waals surface area contributed by atoms with Crippen LogP contribution in [0.2, 0.25) is 0 Å². The van der Waals surface area contributed by atoms with E-state index in [1.807, 2.05) is 43.0 Å². The third-order valence-electron chi connectivity index (χ3n) is 3.36. The molecule has 0 unspecified atom stereocenters. The number of benzene rings is 1. The maximum Gasteiger partial charge on any atom is 0.263 e. The van der Waals surface area contributed by atoms with E-state index in [0.717, 1.165) is 31.7 Å². The number of nitrogens with zero attached hydrogens (tertiary/aromatic N) is 1. The van der Waals surface area contributed by atoms with Crippen LogP contribution in [0.15, 0.2) is 24.3 Å². The average Bonchev–Trinajstić information content (AvgIpc) is 2.91. The van der Waals surface area contributed by atoms with Crippen LogP contribution in [0.3, 0.4) is 0 Å². The van der Waals surface area contributed by atoms with Gasteiger partial charge in [-0.3, -0.25) is 4.79 Å². The van der Waals surface area contributed by atoms with Crippen molar-refractivity contribution >= 4 is 5.91 Å². The standard InChI is InChI=1S/C15H21NO2/c1-3-14(15(17)16-10-4-5-11-16)18-13-8-6-12(2)7-9-13/h6-9,14H,3-5,10-11H2,1-2H3/t14-/m1/s1. The summed E-state index contributed by atoms with van der Waals surface area (Å²) in [6, 6.07) is 7.86. The van der Waals surface area contributed by atoms with Gasteiger partial charge in [-0.25, -0.2) is 0 Å². The summed E-state index contributed by atoms with van der Waals surface area (Å²) in [5, 5.41) is 0.